The van der Waals surface area contributed by atoms with Gasteiger partial charge in [-0.25, -0.2) is 13.4 Å². The molecule has 0 spiro atoms. The summed E-state index contributed by atoms with van der Waals surface area (Å²) in [6.45, 7) is 8.78. The maximum atomic E-state index is 13.4. The first-order valence-corrected chi connectivity index (χ1v) is 12.5. The fourth-order valence-electron chi connectivity index (χ4n) is 3.65. The van der Waals surface area contributed by atoms with Gasteiger partial charge in [0.05, 0.1) is 30.7 Å². The van der Waals surface area contributed by atoms with Crippen LogP contribution >= 0.6 is 0 Å². The molecule has 0 aliphatic carbocycles. The lowest BCUT2D eigenvalue weighted by Gasteiger charge is -2.24. The number of carbonyl (C=O) groups is 1. The third kappa shape index (κ3) is 5.46. The Morgan fingerprint density at radius 3 is 2.34 bits per heavy atom. The van der Waals surface area contributed by atoms with Gasteiger partial charge < -0.3 is 9.47 Å². The first-order chi connectivity index (χ1) is 15.2. The van der Waals surface area contributed by atoms with E-state index in [0.717, 1.165) is 16.7 Å². The lowest BCUT2D eigenvalue weighted by atomic mass is 10.1. The molecule has 0 fully saturated rings. The fourth-order valence-corrected chi connectivity index (χ4v) is 5.24. The molecule has 0 aliphatic heterocycles. The van der Waals surface area contributed by atoms with Gasteiger partial charge in [0, 0.05) is 12.5 Å². The van der Waals surface area contributed by atoms with Crippen molar-refractivity contribution in [2.45, 2.75) is 51.7 Å². The molecule has 1 amide bonds. The first kappa shape index (κ1) is 23.7. The molecule has 1 heterocycles. The molecule has 0 aliphatic rings. The van der Waals surface area contributed by atoms with Gasteiger partial charge >= 0.3 is 0 Å². The molecule has 170 valence electrons. The van der Waals surface area contributed by atoms with E-state index in [2.05, 4.69) is 4.98 Å². The monoisotopic (exact) mass is 453 g/mol. The maximum Gasteiger partial charge on any atom is 0.228 e. The summed E-state index contributed by atoms with van der Waals surface area (Å²) in [7, 11) is -3.70. The Bertz CT molecular complexity index is 1170. The number of nitrogens with zero attached hydrogens (tertiary/aromatic N) is 3. The van der Waals surface area contributed by atoms with E-state index in [9.17, 15) is 13.2 Å². The van der Waals surface area contributed by atoms with Crippen LogP contribution in [-0.2, 0) is 33.5 Å². The van der Waals surface area contributed by atoms with Crippen molar-refractivity contribution in [3.8, 4) is 0 Å². The summed E-state index contributed by atoms with van der Waals surface area (Å²) in [5.41, 5.74) is 3.36. The fraction of sp³-hybridized carbons (Fsp3) is 0.360. The highest BCUT2D eigenvalue weighted by atomic mass is 32.2. The molecule has 3 aromatic rings. The maximum absolute atomic E-state index is 13.4. The van der Waals surface area contributed by atoms with Crippen molar-refractivity contribution >= 4 is 15.7 Å². The first-order valence-electron chi connectivity index (χ1n) is 10.9. The highest BCUT2D eigenvalue weighted by Crippen LogP contribution is 2.22. The number of benzene rings is 2. The average molecular weight is 454 g/mol. The Kier molecular flexibility index (Phi) is 7.51. The van der Waals surface area contributed by atoms with Gasteiger partial charge in [-0.2, -0.15) is 0 Å². The van der Waals surface area contributed by atoms with Crippen molar-refractivity contribution in [3.63, 3.8) is 0 Å². The van der Waals surface area contributed by atoms with Gasteiger partial charge in [-0.1, -0.05) is 68.4 Å². The van der Waals surface area contributed by atoms with E-state index in [1.807, 2.05) is 82.3 Å². The average Bonchev–Trinajstić information content (AvgIpc) is 3.16. The van der Waals surface area contributed by atoms with E-state index < -0.39 is 9.84 Å². The molecule has 6 nitrogen and oxygen atoms in total. The van der Waals surface area contributed by atoms with Crippen molar-refractivity contribution < 1.29 is 13.2 Å². The number of imidazole rings is 1. The van der Waals surface area contributed by atoms with Crippen LogP contribution in [0.25, 0.3) is 0 Å². The Morgan fingerprint density at radius 2 is 1.72 bits per heavy atom. The summed E-state index contributed by atoms with van der Waals surface area (Å²) in [6.07, 6.45) is 1.59. The zero-order valence-electron chi connectivity index (χ0n) is 19.2. The zero-order chi connectivity index (χ0) is 23.3. The third-order valence-electron chi connectivity index (χ3n) is 5.51. The van der Waals surface area contributed by atoms with Crippen molar-refractivity contribution in [3.05, 3.63) is 83.2 Å². The molecule has 0 saturated heterocycles. The molecule has 0 atom stereocenters. The van der Waals surface area contributed by atoms with Gasteiger partial charge in [0.1, 0.15) is 0 Å². The van der Waals surface area contributed by atoms with Crippen LogP contribution in [0, 0.1) is 12.8 Å². The summed E-state index contributed by atoms with van der Waals surface area (Å²) >= 11 is 0. The Morgan fingerprint density at radius 1 is 1.06 bits per heavy atom. The van der Waals surface area contributed by atoms with Crippen molar-refractivity contribution in [2.75, 3.05) is 6.54 Å². The van der Waals surface area contributed by atoms with E-state index in [4.69, 9.17) is 0 Å². The van der Waals surface area contributed by atoms with Gasteiger partial charge in [-0.15, -0.1) is 0 Å². The van der Waals surface area contributed by atoms with Crippen LogP contribution in [0.1, 0.15) is 43.2 Å². The second-order valence-electron chi connectivity index (χ2n) is 8.30. The molecule has 32 heavy (non-hydrogen) atoms. The Balaban J connectivity index is 2.02. The van der Waals surface area contributed by atoms with Gasteiger partial charge in [0.2, 0.25) is 20.9 Å². The minimum atomic E-state index is -3.70. The minimum absolute atomic E-state index is 0.0317. The number of amides is 1. The van der Waals surface area contributed by atoms with E-state index in [1.54, 1.807) is 15.7 Å². The van der Waals surface area contributed by atoms with Crippen molar-refractivity contribution in [1.29, 1.82) is 0 Å². The van der Waals surface area contributed by atoms with Gasteiger partial charge in [-0.3, -0.25) is 4.79 Å². The Hall–Kier alpha value is -2.93. The number of hydrogen-bond acceptors (Lipinski definition) is 4. The normalized spacial score (nSPS) is 11.7. The van der Waals surface area contributed by atoms with Crippen LogP contribution in [0.15, 0.2) is 66.0 Å². The number of carbonyl (C=O) groups excluding carboxylic acids is 1. The molecule has 7 heteroatoms. The topological polar surface area (TPSA) is 72.3 Å². The predicted molar refractivity (Wildman–Crippen MR) is 126 cm³/mol. The summed E-state index contributed by atoms with van der Waals surface area (Å²) in [5.74, 6) is -0.221. The number of rotatable bonds is 9. The molecule has 3 rings (SSSR count). The number of sulfone groups is 1. The van der Waals surface area contributed by atoms with Crippen LogP contribution in [0.3, 0.4) is 0 Å². The van der Waals surface area contributed by atoms with Crippen LogP contribution in [0.4, 0.5) is 0 Å². The Labute approximate surface area is 190 Å². The molecule has 0 saturated carbocycles. The predicted octanol–water partition coefficient (Wildman–Crippen LogP) is 4.22. The SMILES string of the molecule is CCN(Cc1cnc(S(=O)(=O)Cc2ccccc2C)n1Cc1ccccc1)C(=O)C(C)C. The van der Waals surface area contributed by atoms with Gasteiger partial charge in [0.25, 0.3) is 0 Å². The van der Waals surface area contributed by atoms with E-state index in [1.165, 1.54) is 0 Å². The largest absolute Gasteiger partial charge is 0.337 e. The van der Waals surface area contributed by atoms with Crippen LogP contribution in [-0.4, -0.2) is 35.3 Å². The summed E-state index contributed by atoms with van der Waals surface area (Å²) in [6, 6.07) is 17.2. The second kappa shape index (κ2) is 10.1. The molecule has 0 radical (unpaired) electrons. The summed E-state index contributed by atoms with van der Waals surface area (Å²) in [5, 5.41) is 0.0349. The third-order valence-corrected chi connectivity index (χ3v) is 7.08. The number of aryl methyl sites for hydroxylation is 1. The highest BCUT2D eigenvalue weighted by molar-refractivity contribution is 7.90. The molecule has 0 bridgehead atoms. The van der Waals surface area contributed by atoms with E-state index in [0.29, 0.717) is 25.3 Å². The zero-order valence-corrected chi connectivity index (χ0v) is 20.0. The smallest absolute Gasteiger partial charge is 0.228 e. The van der Waals surface area contributed by atoms with Crippen LogP contribution < -0.4 is 0 Å². The molecular formula is C25H31N3O3S. The van der Waals surface area contributed by atoms with Crippen molar-refractivity contribution in [2.24, 2.45) is 5.92 Å². The molecule has 2 aromatic carbocycles. The molecule has 0 unspecified atom stereocenters. The number of hydrogen-bond donors (Lipinski definition) is 0. The van der Waals surface area contributed by atoms with Crippen molar-refractivity contribution in [1.82, 2.24) is 14.5 Å². The van der Waals surface area contributed by atoms with Crippen LogP contribution in [0.5, 0.6) is 0 Å². The number of aromatic nitrogens is 2. The lowest BCUT2D eigenvalue weighted by molar-refractivity contribution is -0.134. The molecule has 0 N–H and O–H groups in total. The molecular weight excluding hydrogens is 422 g/mol. The van der Waals surface area contributed by atoms with Gasteiger partial charge in [0.15, 0.2) is 0 Å². The summed E-state index contributed by atoms with van der Waals surface area (Å²) < 4.78 is 28.6. The van der Waals surface area contributed by atoms with E-state index in [-0.39, 0.29) is 22.7 Å². The highest BCUT2D eigenvalue weighted by Gasteiger charge is 2.26. The quantitative estimate of drug-likeness (QED) is 0.486. The van der Waals surface area contributed by atoms with E-state index >= 15 is 0 Å². The van der Waals surface area contributed by atoms with Gasteiger partial charge in [-0.05, 0) is 30.5 Å². The lowest BCUT2D eigenvalue weighted by Crippen LogP contribution is -2.34. The second-order valence-corrected chi connectivity index (χ2v) is 10.2. The standard InChI is InChI=1S/C25H31N3O3S/c1-5-27(24(29)19(2)3)17-23-15-26-25(28(23)16-21-12-7-6-8-13-21)32(30,31)18-22-14-10-9-11-20(22)4/h6-15,19H,5,16-18H2,1-4H3. The minimum Gasteiger partial charge on any atom is -0.337 e. The van der Waals surface area contributed by atoms with Crippen LogP contribution in [0.2, 0.25) is 0 Å². The molecule has 1 aromatic heterocycles. The summed E-state index contributed by atoms with van der Waals surface area (Å²) in [4.78, 5) is 18.7.